The van der Waals surface area contributed by atoms with E-state index in [0.717, 1.165) is 5.56 Å². The smallest absolute Gasteiger partial charge is 0.343 e. The van der Waals surface area contributed by atoms with Gasteiger partial charge in [-0.3, -0.25) is 4.79 Å². The summed E-state index contributed by atoms with van der Waals surface area (Å²) in [5.74, 6) is -0.0615. The summed E-state index contributed by atoms with van der Waals surface area (Å²) >= 11 is 0. The predicted octanol–water partition coefficient (Wildman–Crippen LogP) is -0.423. The van der Waals surface area contributed by atoms with Gasteiger partial charge in [0.2, 0.25) is 5.91 Å². The number of esters is 1. The molecule has 120 valence electrons. The molecule has 2 atom stereocenters. The largest absolute Gasteiger partial charge is 0.482 e. The van der Waals surface area contributed by atoms with Gasteiger partial charge in [-0.05, 0) is 24.1 Å². The van der Waals surface area contributed by atoms with Crippen molar-refractivity contribution >= 4 is 11.9 Å². The summed E-state index contributed by atoms with van der Waals surface area (Å²) in [6, 6.07) is 6.76. The van der Waals surface area contributed by atoms with Crippen LogP contribution in [0.15, 0.2) is 24.3 Å². The van der Waals surface area contributed by atoms with Gasteiger partial charge < -0.3 is 25.2 Å². The fourth-order valence-corrected chi connectivity index (χ4v) is 2.18. The summed E-state index contributed by atoms with van der Waals surface area (Å²) in [4.78, 5) is 23.0. The molecule has 0 spiro atoms. The minimum Gasteiger partial charge on any atom is -0.482 e. The minimum absolute atomic E-state index is 0.141. The Morgan fingerprint density at radius 2 is 2.27 bits per heavy atom. The molecule has 1 saturated heterocycles. The molecule has 7 nitrogen and oxygen atoms in total. The van der Waals surface area contributed by atoms with Gasteiger partial charge in [-0.25, -0.2) is 4.79 Å². The fourth-order valence-electron chi connectivity index (χ4n) is 2.18. The van der Waals surface area contributed by atoms with Crippen molar-refractivity contribution in [2.75, 3.05) is 20.3 Å². The third-order valence-corrected chi connectivity index (χ3v) is 3.37. The normalized spacial score (nSPS) is 20.5. The Labute approximate surface area is 128 Å². The van der Waals surface area contributed by atoms with Crippen molar-refractivity contribution in [3.8, 4) is 5.75 Å². The van der Waals surface area contributed by atoms with E-state index in [-0.39, 0.29) is 18.6 Å². The average molecular weight is 308 g/mol. The zero-order chi connectivity index (χ0) is 15.9. The van der Waals surface area contributed by atoms with Gasteiger partial charge in [0.25, 0.3) is 0 Å². The third-order valence-electron chi connectivity index (χ3n) is 3.37. The van der Waals surface area contributed by atoms with Crippen molar-refractivity contribution in [3.63, 3.8) is 0 Å². The summed E-state index contributed by atoms with van der Waals surface area (Å²) in [7, 11) is 1.30. The highest BCUT2D eigenvalue weighted by Crippen LogP contribution is 2.13. The number of methoxy groups -OCH3 is 1. The maximum Gasteiger partial charge on any atom is 0.343 e. The molecule has 0 bridgehead atoms. The van der Waals surface area contributed by atoms with Crippen LogP contribution in [0.3, 0.4) is 0 Å². The van der Waals surface area contributed by atoms with Gasteiger partial charge >= 0.3 is 5.97 Å². The second kappa shape index (κ2) is 7.77. The van der Waals surface area contributed by atoms with Crippen molar-refractivity contribution in [1.29, 1.82) is 0 Å². The van der Waals surface area contributed by atoms with Crippen LogP contribution >= 0.6 is 0 Å². The lowest BCUT2D eigenvalue weighted by Crippen LogP contribution is -2.40. The SMILES string of the molecule is COC(=O)COc1cccc(CNC(=O)C2CC(O)CN2)c1. The number of hydrogen-bond donors (Lipinski definition) is 3. The molecule has 1 heterocycles. The van der Waals surface area contributed by atoms with Crippen molar-refractivity contribution in [2.45, 2.75) is 25.1 Å². The number of rotatable bonds is 6. The van der Waals surface area contributed by atoms with E-state index < -0.39 is 12.1 Å². The standard InChI is InChI=1S/C15H20N2O5/c1-21-14(19)9-22-12-4-2-3-10(5-12)7-17-15(20)13-6-11(18)8-16-13/h2-5,11,13,16,18H,6-9H2,1H3,(H,17,20). The van der Waals surface area contributed by atoms with Crippen LogP contribution < -0.4 is 15.4 Å². The van der Waals surface area contributed by atoms with Crippen molar-refractivity contribution in [1.82, 2.24) is 10.6 Å². The molecule has 1 aromatic rings. The highest BCUT2D eigenvalue weighted by Gasteiger charge is 2.27. The van der Waals surface area contributed by atoms with E-state index in [2.05, 4.69) is 15.4 Å². The molecule has 0 radical (unpaired) electrons. The Morgan fingerprint density at radius 1 is 1.45 bits per heavy atom. The number of nitrogens with one attached hydrogen (secondary N) is 2. The third kappa shape index (κ3) is 4.71. The minimum atomic E-state index is -0.467. The van der Waals surface area contributed by atoms with Gasteiger partial charge in [-0.1, -0.05) is 12.1 Å². The van der Waals surface area contributed by atoms with Gasteiger partial charge in [0.15, 0.2) is 6.61 Å². The number of aliphatic hydroxyl groups excluding tert-OH is 1. The Bertz CT molecular complexity index is 534. The lowest BCUT2D eigenvalue weighted by Gasteiger charge is -2.12. The fraction of sp³-hybridized carbons (Fsp3) is 0.467. The van der Waals surface area contributed by atoms with E-state index in [4.69, 9.17) is 4.74 Å². The molecule has 1 amide bonds. The number of β-amino-alcohol motifs (C(OH)–C–C–N with tert-alkyl or cyclic N) is 1. The summed E-state index contributed by atoms with van der Waals surface area (Å²) in [6.45, 7) is 0.633. The van der Waals surface area contributed by atoms with Crippen LogP contribution in [0, 0.1) is 0 Å². The van der Waals surface area contributed by atoms with Crippen LogP contribution in [0.25, 0.3) is 0 Å². The van der Waals surface area contributed by atoms with E-state index >= 15 is 0 Å². The van der Waals surface area contributed by atoms with Crippen molar-refractivity contribution in [3.05, 3.63) is 29.8 Å². The maximum atomic E-state index is 11.9. The monoisotopic (exact) mass is 308 g/mol. The predicted molar refractivity (Wildman–Crippen MR) is 78.2 cm³/mol. The van der Waals surface area contributed by atoms with Crippen molar-refractivity contribution in [2.24, 2.45) is 0 Å². The van der Waals surface area contributed by atoms with Gasteiger partial charge in [0.1, 0.15) is 5.75 Å². The van der Waals surface area contributed by atoms with E-state index in [1.54, 1.807) is 18.2 Å². The second-order valence-electron chi connectivity index (χ2n) is 5.08. The number of ether oxygens (including phenoxy) is 2. The topological polar surface area (TPSA) is 96.9 Å². The summed E-state index contributed by atoms with van der Waals surface area (Å²) < 4.78 is 9.79. The first-order chi connectivity index (χ1) is 10.6. The lowest BCUT2D eigenvalue weighted by atomic mass is 10.1. The molecule has 2 rings (SSSR count). The second-order valence-corrected chi connectivity index (χ2v) is 5.08. The molecule has 1 fully saturated rings. The highest BCUT2D eigenvalue weighted by molar-refractivity contribution is 5.82. The molecule has 1 aromatic carbocycles. The first-order valence-electron chi connectivity index (χ1n) is 7.06. The highest BCUT2D eigenvalue weighted by atomic mass is 16.6. The van der Waals surface area contributed by atoms with Gasteiger partial charge in [0, 0.05) is 13.1 Å². The molecule has 0 saturated carbocycles. The van der Waals surface area contributed by atoms with Gasteiger partial charge in [0.05, 0.1) is 19.3 Å². The molecular formula is C15H20N2O5. The number of carbonyl (C=O) groups is 2. The number of hydrogen-bond acceptors (Lipinski definition) is 6. The summed E-state index contributed by atoms with van der Waals surface area (Å²) in [5.41, 5.74) is 0.856. The van der Waals surface area contributed by atoms with Crippen LogP contribution in [0.5, 0.6) is 5.75 Å². The van der Waals surface area contributed by atoms with Crippen LogP contribution in [-0.2, 0) is 20.9 Å². The number of benzene rings is 1. The Morgan fingerprint density at radius 3 is 2.95 bits per heavy atom. The number of carbonyl (C=O) groups excluding carboxylic acids is 2. The first kappa shape index (κ1) is 16.3. The van der Waals surface area contributed by atoms with E-state index in [1.807, 2.05) is 6.07 Å². The van der Waals surface area contributed by atoms with E-state index in [0.29, 0.717) is 25.3 Å². The lowest BCUT2D eigenvalue weighted by molar-refractivity contribution is -0.142. The van der Waals surface area contributed by atoms with Crippen LogP contribution in [0.2, 0.25) is 0 Å². The van der Waals surface area contributed by atoms with E-state index in [9.17, 15) is 14.7 Å². The van der Waals surface area contributed by atoms with Gasteiger partial charge in [-0.15, -0.1) is 0 Å². The molecular weight excluding hydrogens is 288 g/mol. The average Bonchev–Trinajstić information content (AvgIpc) is 2.97. The zero-order valence-corrected chi connectivity index (χ0v) is 12.4. The molecule has 0 aromatic heterocycles. The number of aliphatic hydroxyl groups is 1. The maximum absolute atomic E-state index is 11.9. The van der Waals surface area contributed by atoms with Crippen LogP contribution in [0.1, 0.15) is 12.0 Å². The Hall–Kier alpha value is -2.12. The molecule has 0 aliphatic carbocycles. The van der Waals surface area contributed by atoms with Crippen LogP contribution in [0.4, 0.5) is 0 Å². The Kier molecular flexibility index (Phi) is 5.74. The molecule has 3 N–H and O–H groups in total. The molecule has 7 heteroatoms. The molecule has 1 aliphatic rings. The summed E-state index contributed by atoms with van der Waals surface area (Å²) in [5, 5.41) is 15.2. The quantitative estimate of drug-likeness (QED) is 0.618. The molecule has 22 heavy (non-hydrogen) atoms. The molecule has 2 unspecified atom stereocenters. The first-order valence-corrected chi connectivity index (χ1v) is 7.06. The van der Waals surface area contributed by atoms with Gasteiger partial charge in [-0.2, -0.15) is 0 Å². The molecule has 1 aliphatic heterocycles. The van der Waals surface area contributed by atoms with Crippen LogP contribution in [-0.4, -0.2) is 49.4 Å². The Balaban J connectivity index is 1.82. The summed E-state index contributed by atoms with van der Waals surface area (Å²) in [6.07, 6.45) is -0.0421. The van der Waals surface area contributed by atoms with E-state index in [1.165, 1.54) is 7.11 Å². The van der Waals surface area contributed by atoms with Crippen molar-refractivity contribution < 1.29 is 24.2 Å². The number of amides is 1. The zero-order valence-electron chi connectivity index (χ0n) is 12.4.